The molecule has 27 heavy (non-hydrogen) atoms. The lowest BCUT2D eigenvalue weighted by molar-refractivity contribution is 0.646. The molecule has 138 valence electrons. The average molecular weight is 359 g/mol. The number of hydrogen-bond acceptors (Lipinski definition) is 5. The maximum absolute atomic E-state index is 4.82. The predicted molar refractivity (Wildman–Crippen MR) is 110 cm³/mol. The van der Waals surface area contributed by atoms with Gasteiger partial charge in [0.1, 0.15) is 11.5 Å². The van der Waals surface area contributed by atoms with Crippen molar-refractivity contribution < 1.29 is 0 Å². The van der Waals surface area contributed by atoms with E-state index in [1.165, 1.54) is 11.3 Å². The summed E-state index contributed by atoms with van der Waals surface area (Å²) in [5, 5.41) is 0. The van der Waals surface area contributed by atoms with Crippen LogP contribution in [0.3, 0.4) is 0 Å². The molecule has 2 aromatic heterocycles. The van der Waals surface area contributed by atoms with Crippen LogP contribution in [0.4, 0.5) is 11.5 Å². The van der Waals surface area contributed by atoms with E-state index in [-0.39, 0.29) is 0 Å². The van der Waals surface area contributed by atoms with Crippen LogP contribution in [0.1, 0.15) is 18.2 Å². The van der Waals surface area contributed by atoms with E-state index in [4.69, 9.17) is 4.98 Å². The molecule has 1 aliphatic rings. The molecule has 5 nitrogen and oxygen atoms in total. The number of nitrogens with zero attached hydrogens (tertiary/aromatic N) is 5. The minimum atomic E-state index is 0.714. The molecule has 0 amide bonds. The van der Waals surface area contributed by atoms with Gasteiger partial charge in [0.2, 0.25) is 0 Å². The molecule has 1 aromatic carbocycles. The van der Waals surface area contributed by atoms with E-state index in [0.29, 0.717) is 5.82 Å². The van der Waals surface area contributed by atoms with Crippen LogP contribution in [0.15, 0.2) is 54.7 Å². The minimum absolute atomic E-state index is 0.714. The molecule has 0 atom stereocenters. The highest BCUT2D eigenvalue weighted by Crippen LogP contribution is 2.23. The van der Waals surface area contributed by atoms with Crippen molar-refractivity contribution in [1.82, 2.24) is 15.0 Å². The van der Waals surface area contributed by atoms with Gasteiger partial charge >= 0.3 is 0 Å². The van der Waals surface area contributed by atoms with Crippen LogP contribution in [0.2, 0.25) is 0 Å². The van der Waals surface area contributed by atoms with E-state index in [2.05, 4.69) is 63.9 Å². The number of hydrogen-bond donors (Lipinski definition) is 0. The second-order valence-electron chi connectivity index (χ2n) is 6.92. The summed E-state index contributed by atoms with van der Waals surface area (Å²) < 4.78 is 0. The van der Waals surface area contributed by atoms with Crippen LogP contribution in [0.25, 0.3) is 11.5 Å². The van der Waals surface area contributed by atoms with Crippen molar-refractivity contribution in [3.05, 3.63) is 66.0 Å². The van der Waals surface area contributed by atoms with Gasteiger partial charge in [0, 0.05) is 49.8 Å². The van der Waals surface area contributed by atoms with Crippen LogP contribution in [0.5, 0.6) is 0 Å². The maximum atomic E-state index is 4.82. The Labute approximate surface area is 160 Å². The summed E-state index contributed by atoms with van der Waals surface area (Å²) in [5.41, 5.74) is 4.49. The van der Waals surface area contributed by atoms with E-state index < -0.39 is 0 Å². The van der Waals surface area contributed by atoms with E-state index in [9.17, 15) is 0 Å². The normalized spacial score (nSPS) is 14.4. The third kappa shape index (κ3) is 3.92. The molecule has 0 saturated carbocycles. The van der Waals surface area contributed by atoms with Gasteiger partial charge in [-0.1, -0.05) is 25.1 Å². The molecule has 0 spiro atoms. The van der Waals surface area contributed by atoms with Crippen LogP contribution in [-0.2, 0) is 6.42 Å². The van der Waals surface area contributed by atoms with Gasteiger partial charge in [-0.25, -0.2) is 9.97 Å². The quantitative estimate of drug-likeness (QED) is 0.710. The molecule has 1 fully saturated rings. The standard InChI is InChI=1S/C22H25N5/c1-3-18-16-21(25-22(24-18)20-9-4-5-10-23-20)27-13-11-26(12-14-27)19-8-6-7-17(2)15-19/h4-10,15-16H,3,11-14H2,1-2H3. The monoisotopic (exact) mass is 359 g/mol. The van der Waals surface area contributed by atoms with Crippen molar-refractivity contribution >= 4 is 11.5 Å². The fraction of sp³-hybridized carbons (Fsp3) is 0.318. The molecule has 0 N–H and O–H groups in total. The fourth-order valence-corrected chi connectivity index (χ4v) is 3.45. The van der Waals surface area contributed by atoms with Gasteiger partial charge in [0.25, 0.3) is 0 Å². The highest BCUT2D eigenvalue weighted by atomic mass is 15.3. The van der Waals surface area contributed by atoms with E-state index in [1.54, 1.807) is 6.20 Å². The molecule has 0 unspecified atom stereocenters. The Morgan fingerprint density at radius 2 is 1.70 bits per heavy atom. The first-order valence-electron chi connectivity index (χ1n) is 9.59. The van der Waals surface area contributed by atoms with E-state index in [1.807, 2.05) is 18.2 Å². The largest absolute Gasteiger partial charge is 0.368 e. The van der Waals surface area contributed by atoms with Gasteiger partial charge in [-0.05, 0) is 43.2 Å². The lowest BCUT2D eigenvalue weighted by Gasteiger charge is -2.37. The number of aromatic nitrogens is 3. The minimum Gasteiger partial charge on any atom is -0.368 e. The molecule has 1 aliphatic heterocycles. The molecule has 5 heteroatoms. The van der Waals surface area contributed by atoms with Crippen molar-refractivity contribution in [3.8, 4) is 11.5 Å². The van der Waals surface area contributed by atoms with Gasteiger partial charge in [0.15, 0.2) is 5.82 Å². The van der Waals surface area contributed by atoms with Crippen molar-refractivity contribution in [2.24, 2.45) is 0 Å². The molecule has 3 aromatic rings. The lowest BCUT2D eigenvalue weighted by Crippen LogP contribution is -2.47. The Morgan fingerprint density at radius 1 is 0.889 bits per heavy atom. The number of rotatable bonds is 4. The fourth-order valence-electron chi connectivity index (χ4n) is 3.45. The van der Waals surface area contributed by atoms with Crippen molar-refractivity contribution in [2.75, 3.05) is 36.0 Å². The number of benzene rings is 1. The average Bonchev–Trinajstić information content (AvgIpc) is 2.74. The van der Waals surface area contributed by atoms with Crippen LogP contribution >= 0.6 is 0 Å². The van der Waals surface area contributed by atoms with E-state index >= 15 is 0 Å². The molecular formula is C22H25N5. The first kappa shape index (κ1) is 17.5. The zero-order valence-electron chi connectivity index (χ0n) is 16.0. The van der Waals surface area contributed by atoms with Crippen LogP contribution < -0.4 is 9.80 Å². The molecule has 4 rings (SSSR count). The highest BCUT2D eigenvalue weighted by Gasteiger charge is 2.20. The summed E-state index contributed by atoms with van der Waals surface area (Å²) in [6.07, 6.45) is 2.68. The Bertz CT molecular complexity index is 902. The lowest BCUT2D eigenvalue weighted by atomic mass is 10.2. The molecular weight excluding hydrogens is 334 g/mol. The van der Waals surface area contributed by atoms with Gasteiger partial charge in [-0.2, -0.15) is 0 Å². The Kier molecular flexibility index (Phi) is 5.01. The predicted octanol–water partition coefficient (Wildman–Crippen LogP) is 3.74. The zero-order valence-corrected chi connectivity index (χ0v) is 16.0. The van der Waals surface area contributed by atoms with Gasteiger partial charge in [0.05, 0.1) is 0 Å². The van der Waals surface area contributed by atoms with Gasteiger partial charge < -0.3 is 9.80 Å². The summed E-state index contributed by atoms with van der Waals surface area (Å²) in [4.78, 5) is 18.7. The van der Waals surface area contributed by atoms with Crippen molar-refractivity contribution in [2.45, 2.75) is 20.3 Å². The van der Waals surface area contributed by atoms with E-state index in [0.717, 1.165) is 49.8 Å². The van der Waals surface area contributed by atoms with Gasteiger partial charge in [-0.15, -0.1) is 0 Å². The number of piperazine rings is 1. The number of anilines is 2. The summed E-state index contributed by atoms with van der Waals surface area (Å²) in [7, 11) is 0. The third-order valence-corrected chi connectivity index (χ3v) is 4.99. The summed E-state index contributed by atoms with van der Waals surface area (Å²) in [6, 6.07) is 16.7. The molecule has 0 aliphatic carbocycles. The zero-order chi connectivity index (χ0) is 18.6. The second-order valence-corrected chi connectivity index (χ2v) is 6.92. The van der Waals surface area contributed by atoms with Gasteiger partial charge in [-0.3, -0.25) is 4.98 Å². The maximum Gasteiger partial charge on any atom is 0.180 e. The Morgan fingerprint density at radius 3 is 2.41 bits per heavy atom. The van der Waals surface area contributed by atoms with Crippen LogP contribution in [0, 0.1) is 6.92 Å². The topological polar surface area (TPSA) is 45.2 Å². The number of aryl methyl sites for hydroxylation is 2. The first-order chi connectivity index (χ1) is 13.2. The van der Waals surface area contributed by atoms with Crippen LogP contribution in [-0.4, -0.2) is 41.1 Å². The van der Waals surface area contributed by atoms with Crippen molar-refractivity contribution in [3.63, 3.8) is 0 Å². The third-order valence-electron chi connectivity index (χ3n) is 4.99. The molecule has 1 saturated heterocycles. The molecule has 0 bridgehead atoms. The second kappa shape index (κ2) is 7.74. The summed E-state index contributed by atoms with van der Waals surface area (Å²) in [6.45, 7) is 8.17. The molecule has 0 radical (unpaired) electrons. The summed E-state index contributed by atoms with van der Waals surface area (Å²) in [5.74, 6) is 1.72. The summed E-state index contributed by atoms with van der Waals surface area (Å²) >= 11 is 0. The Hall–Kier alpha value is -2.95. The highest BCUT2D eigenvalue weighted by molar-refractivity contribution is 5.55. The SMILES string of the molecule is CCc1cc(N2CCN(c3cccc(C)c3)CC2)nc(-c2ccccn2)n1. The number of pyridine rings is 1. The smallest absolute Gasteiger partial charge is 0.180 e. The Balaban J connectivity index is 1.54. The van der Waals surface area contributed by atoms with Crippen molar-refractivity contribution in [1.29, 1.82) is 0 Å². The first-order valence-corrected chi connectivity index (χ1v) is 9.59. The molecule has 3 heterocycles.